The number of alkyl halides is 2. The quantitative estimate of drug-likeness (QED) is 0.654. The van der Waals surface area contributed by atoms with Gasteiger partial charge in [0.2, 0.25) is 0 Å². The Kier molecular flexibility index (Phi) is 2.27. The summed E-state index contributed by atoms with van der Waals surface area (Å²) in [5.74, 6) is 0. The molecule has 0 nitrogen and oxygen atoms in total. The van der Waals surface area contributed by atoms with Crippen LogP contribution in [0.3, 0.4) is 0 Å². The maximum atomic E-state index is 12.6. The highest BCUT2D eigenvalue weighted by atomic mass is 32.1. The van der Waals surface area contributed by atoms with Gasteiger partial charge in [0.15, 0.2) is 0 Å². The van der Waals surface area contributed by atoms with E-state index in [9.17, 15) is 8.78 Å². The van der Waals surface area contributed by atoms with E-state index in [2.05, 4.69) is 0 Å². The molecule has 3 heteroatoms. The van der Waals surface area contributed by atoms with E-state index in [-0.39, 0.29) is 5.56 Å². The van der Waals surface area contributed by atoms with E-state index in [1.807, 2.05) is 18.4 Å². The molecular weight excluding hydrogens is 202 g/mol. The van der Waals surface area contributed by atoms with Gasteiger partial charge in [-0.25, -0.2) is 8.78 Å². The summed E-state index contributed by atoms with van der Waals surface area (Å²) in [7, 11) is 0. The van der Waals surface area contributed by atoms with Crippen LogP contribution in [-0.2, 0) is 0 Å². The first-order valence-corrected chi connectivity index (χ1v) is 5.24. The summed E-state index contributed by atoms with van der Waals surface area (Å²) < 4.78 is 26.3. The minimum Gasteiger partial charge on any atom is -0.205 e. The lowest BCUT2D eigenvalue weighted by Crippen LogP contribution is -1.91. The molecule has 0 aliphatic heterocycles. The van der Waals surface area contributed by atoms with Gasteiger partial charge in [-0.1, -0.05) is 0 Å². The molecule has 0 bridgehead atoms. The SMILES string of the molecule is Cc1cc(C(F)F)c(C)c2sccc12. The fraction of sp³-hybridized carbons (Fsp3) is 0.273. The van der Waals surface area contributed by atoms with Gasteiger partial charge in [0.1, 0.15) is 0 Å². The lowest BCUT2D eigenvalue weighted by atomic mass is 10.0. The lowest BCUT2D eigenvalue weighted by molar-refractivity contribution is 0.151. The topological polar surface area (TPSA) is 0 Å². The average molecular weight is 212 g/mol. The minimum atomic E-state index is -2.37. The maximum absolute atomic E-state index is 12.6. The molecule has 1 aromatic carbocycles. The van der Waals surface area contributed by atoms with Crippen molar-refractivity contribution in [1.29, 1.82) is 0 Å². The molecule has 0 unspecified atom stereocenters. The van der Waals surface area contributed by atoms with Crippen molar-refractivity contribution in [3.8, 4) is 0 Å². The maximum Gasteiger partial charge on any atom is 0.264 e. The van der Waals surface area contributed by atoms with Crippen molar-refractivity contribution in [3.05, 3.63) is 34.2 Å². The first-order valence-electron chi connectivity index (χ1n) is 4.36. The van der Waals surface area contributed by atoms with Crippen LogP contribution in [0.25, 0.3) is 10.1 Å². The Bertz CT molecular complexity index is 471. The second-order valence-electron chi connectivity index (χ2n) is 3.37. The normalized spacial score (nSPS) is 11.5. The van der Waals surface area contributed by atoms with Crippen LogP contribution in [0.15, 0.2) is 17.5 Å². The molecule has 0 fully saturated rings. The molecule has 1 aromatic heterocycles. The van der Waals surface area contributed by atoms with Crippen LogP contribution in [0, 0.1) is 13.8 Å². The summed E-state index contributed by atoms with van der Waals surface area (Å²) >= 11 is 1.53. The Morgan fingerprint density at radius 1 is 1.29 bits per heavy atom. The number of hydrogen-bond acceptors (Lipinski definition) is 1. The van der Waals surface area contributed by atoms with Gasteiger partial charge in [-0.15, -0.1) is 11.3 Å². The Morgan fingerprint density at radius 2 is 2.00 bits per heavy atom. The van der Waals surface area contributed by atoms with E-state index < -0.39 is 6.43 Å². The van der Waals surface area contributed by atoms with Gasteiger partial charge >= 0.3 is 0 Å². The zero-order chi connectivity index (χ0) is 10.3. The molecule has 0 aliphatic rings. The fourth-order valence-corrected chi connectivity index (χ4v) is 2.68. The van der Waals surface area contributed by atoms with Gasteiger partial charge in [0.05, 0.1) is 0 Å². The third-order valence-corrected chi connectivity index (χ3v) is 3.50. The highest BCUT2D eigenvalue weighted by molar-refractivity contribution is 7.17. The molecule has 0 saturated heterocycles. The number of halogens is 2. The van der Waals surface area contributed by atoms with E-state index in [0.29, 0.717) is 0 Å². The predicted molar refractivity (Wildman–Crippen MR) is 56.3 cm³/mol. The summed E-state index contributed by atoms with van der Waals surface area (Å²) in [6.45, 7) is 3.64. The predicted octanol–water partition coefficient (Wildman–Crippen LogP) is 4.46. The van der Waals surface area contributed by atoms with Crippen molar-refractivity contribution in [3.63, 3.8) is 0 Å². The van der Waals surface area contributed by atoms with E-state index in [1.165, 1.54) is 11.3 Å². The Balaban J connectivity index is 2.82. The number of benzene rings is 1. The monoisotopic (exact) mass is 212 g/mol. The van der Waals surface area contributed by atoms with Gasteiger partial charge in [0, 0.05) is 10.3 Å². The fourth-order valence-electron chi connectivity index (χ4n) is 1.69. The number of rotatable bonds is 1. The third kappa shape index (κ3) is 1.32. The molecular formula is C11H10F2S. The van der Waals surface area contributed by atoms with E-state index >= 15 is 0 Å². The van der Waals surface area contributed by atoms with Crippen molar-refractivity contribution >= 4 is 21.4 Å². The molecule has 0 radical (unpaired) electrons. The smallest absolute Gasteiger partial charge is 0.205 e. The molecule has 14 heavy (non-hydrogen) atoms. The third-order valence-electron chi connectivity index (χ3n) is 2.47. The number of aryl methyl sites for hydroxylation is 2. The molecule has 1 heterocycles. The molecule has 2 rings (SSSR count). The summed E-state index contributed by atoms with van der Waals surface area (Å²) in [4.78, 5) is 0. The lowest BCUT2D eigenvalue weighted by Gasteiger charge is -2.08. The van der Waals surface area contributed by atoms with Crippen LogP contribution in [-0.4, -0.2) is 0 Å². The average Bonchev–Trinajstić information content (AvgIpc) is 2.59. The molecule has 74 valence electrons. The van der Waals surface area contributed by atoms with Crippen molar-refractivity contribution < 1.29 is 8.78 Å². The molecule has 0 N–H and O–H groups in total. The van der Waals surface area contributed by atoms with Crippen LogP contribution in [0.1, 0.15) is 23.1 Å². The zero-order valence-electron chi connectivity index (χ0n) is 7.97. The molecule has 0 saturated carbocycles. The minimum absolute atomic E-state index is 0.164. The van der Waals surface area contributed by atoms with Gasteiger partial charge in [-0.05, 0) is 47.9 Å². The van der Waals surface area contributed by atoms with Gasteiger partial charge < -0.3 is 0 Å². The van der Waals surface area contributed by atoms with Crippen LogP contribution >= 0.6 is 11.3 Å². The van der Waals surface area contributed by atoms with Crippen molar-refractivity contribution in [2.24, 2.45) is 0 Å². The summed E-state index contributed by atoms with van der Waals surface area (Å²) in [6.07, 6.45) is -2.37. The van der Waals surface area contributed by atoms with Crippen LogP contribution in [0.2, 0.25) is 0 Å². The largest absolute Gasteiger partial charge is 0.264 e. The van der Waals surface area contributed by atoms with Gasteiger partial charge in [0.25, 0.3) is 6.43 Å². The summed E-state index contributed by atoms with van der Waals surface area (Å²) in [6, 6.07) is 3.58. The Morgan fingerprint density at radius 3 is 2.64 bits per heavy atom. The molecule has 0 aliphatic carbocycles. The Hall–Kier alpha value is -0.960. The van der Waals surface area contributed by atoms with Crippen LogP contribution in [0.4, 0.5) is 8.78 Å². The standard InChI is InChI=1S/C11H10F2S/c1-6-5-9(11(12)13)7(2)10-8(6)3-4-14-10/h3-5,11H,1-2H3. The molecule has 0 atom stereocenters. The Labute approximate surface area is 85.2 Å². The second-order valence-corrected chi connectivity index (χ2v) is 4.29. The van der Waals surface area contributed by atoms with E-state index in [4.69, 9.17) is 0 Å². The highest BCUT2D eigenvalue weighted by Crippen LogP contribution is 2.34. The molecule has 0 amide bonds. The number of thiophene rings is 1. The van der Waals surface area contributed by atoms with Crippen LogP contribution in [0.5, 0.6) is 0 Å². The van der Waals surface area contributed by atoms with Crippen LogP contribution < -0.4 is 0 Å². The van der Waals surface area contributed by atoms with Crippen molar-refractivity contribution in [1.82, 2.24) is 0 Å². The van der Waals surface area contributed by atoms with Crippen molar-refractivity contribution in [2.75, 3.05) is 0 Å². The first kappa shape index (κ1) is 9.59. The first-order chi connectivity index (χ1) is 6.61. The van der Waals surface area contributed by atoms with E-state index in [1.54, 1.807) is 13.0 Å². The molecule has 0 spiro atoms. The zero-order valence-corrected chi connectivity index (χ0v) is 8.79. The summed E-state index contributed by atoms with van der Waals surface area (Å²) in [5.41, 5.74) is 1.82. The summed E-state index contributed by atoms with van der Waals surface area (Å²) in [5, 5.41) is 3.04. The number of fused-ring (bicyclic) bond motifs is 1. The molecule has 2 aromatic rings. The van der Waals surface area contributed by atoms with Crippen molar-refractivity contribution in [2.45, 2.75) is 20.3 Å². The van der Waals surface area contributed by atoms with Gasteiger partial charge in [-0.2, -0.15) is 0 Å². The second kappa shape index (κ2) is 3.31. The number of hydrogen-bond donors (Lipinski definition) is 0. The van der Waals surface area contributed by atoms with Gasteiger partial charge in [-0.3, -0.25) is 0 Å². The van der Waals surface area contributed by atoms with E-state index in [0.717, 1.165) is 21.2 Å². The highest BCUT2D eigenvalue weighted by Gasteiger charge is 2.14.